The van der Waals surface area contributed by atoms with Crippen molar-refractivity contribution in [2.24, 2.45) is 0 Å². The first-order valence-electron chi connectivity index (χ1n) is 16.2. The van der Waals surface area contributed by atoms with Gasteiger partial charge in [0, 0.05) is 52.9 Å². The zero-order valence-corrected chi connectivity index (χ0v) is 35.4. The van der Waals surface area contributed by atoms with E-state index in [4.69, 9.17) is 51.1 Å². The van der Waals surface area contributed by atoms with E-state index < -0.39 is 25.8 Å². The van der Waals surface area contributed by atoms with Crippen molar-refractivity contribution in [3.8, 4) is 0 Å². The molecule has 0 aliphatic heterocycles. The number of methoxy groups -OCH3 is 1. The van der Waals surface area contributed by atoms with E-state index in [0.717, 1.165) is 9.87 Å². The molecule has 12 nitrogen and oxygen atoms in total. The number of aromatic nitrogens is 4. The molecular weight excluding hydrogens is 910 g/mol. The van der Waals surface area contributed by atoms with Gasteiger partial charge in [-0.15, -0.1) is 0 Å². The molecular formula is C37H35BrCl4N6O6S2. The number of benzene rings is 2. The van der Waals surface area contributed by atoms with Crippen LogP contribution in [0.1, 0.15) is 48.5 Å². The van der Waals surface area contributed by atoms with E-state index >= 15 is 0 Å². The molecule has 0 bridgehead atoms. The van der Waals surface area contributed by atoms with Crippen LogP contribution in [0.4, 0.5) is 11.4 Å². The molecule has 0 fully saturated rings. The van der Waals surface area contributed by atoms with Crippen LogP contribution in [-0.4, -0.2) is 56.4 Å². The van der Waals surface area contributed by atoms with Gasteiger partial charge in [0.2, 0.25) is 5.78 Å². The van der Waals surface area contributed by atoms with Crippen molar-refractivity contribution in [2.45, 2.75) is 43.9 Å². The lowest BCUT2D eigenvalue weighted by Gasteiger charge is -2.24. The highest BCUT2D eigenvalue weighted by atomic mass is 79.9. The Bertz CT molecular complexity index is 2610. The van der Waals surface area contributed by atoms with E-state index in [1.165, 1.54) is 62.1 Å². The molecule has 0 aliphatic rings. The number of carbonyl (C=O) groups excluding carboxylic acids is 1. The van der Waals surface area contributed by atoms with Gasteiger partial charge in [-0.1, -0.05) is 67.7 Å². The van der Waals surface area contributed by atoms with Crippen molar-refractivity contribution in [3.63, 3.8) is 0 Å². The normalized spacial score (nSPS) is 11.4. The van der Waals surface area contributed by atoms with Crippen LogP contribution in [0.5, 0.6) is 0 Å². The second-order valence-corrected chi connectivity index (χ2v) is 17.5. The first-order chi connectivity index (χ1) is 26.1. The molecule has 0 saturated carbocycles. The number of rotatable bonds is 12. The Balaban J connectivity index is 0.000000253. The molecule has 6 aromatic rings. The molecule has 6 rings (SSSR count). The number of ether oxygens (including phenoxy) is 1. The number of hydrogen-bond donors (Lipinski definition) is 2. The predicted octanol–water partition coefficient (Wildman–Crippen LogP) is 10.0. The van der Waals surface area contributed by atoms with E-state index in [2.05, 4.69) is 40.6 Å². The SMILES string of the molecule is C.CCc1cc(S(=O)(=O)N(COC)c2cc(Cl)cnc2Br)ccc1Cl.CCc1cc(S(=O)(=O)Nc2cc(Cl)cnc2C(=O)c2ccnc3[nH]ccc23)ccc1Cl. The summed E-state index contributed by atoms with van der Waals surface area (Å²) in [6.07, 6.45) is 7.06. The van der Waals surface area contributed by atoms with E-state index in [1.54, 1.807) is 30.5 Å². The minimum Gasteiger partial charge on any atom is -0.363 e. The topological polar surface area (TPSA) is 164 Å². The average molecular weight is 946 g/mol. The Hall–Kier alpha value is -3.80. The summed E-state index contributed by atoms with van der Waals surface area (Å²) in [4.78, 5) is 28.6. The van der Waals surface area contributed by atoms with Crippen LogP contribution in [-0.2, 0) is 37.6 Å². The van der Waals surface area contributed by atoms with Crippen molar-refractivity contribution in [3.05, 3.63) is 133 Å². The average Bonchev–Trinajstić information content (AvgIpc) is 3.64. The molecule has 0 amide bonds. The number of aryl methyl sites for hydroxylation is 2. The molecule has 0 unspecified atom stereocenters. The summed E-state index contributed by atoms with van der Waals surface area (Å²) in [6, 6.07) is 15.1. The van der Waals surface area contributed by atoms with Crippen LogP contribution in [0.3, 0.4) is 0 Å². The first-order valence-corrected chi connectivity index (χ1v) is 21.4. The van der Waals surface area contributed by atoms with Gasteiger partial charge in [-0.2, -0.15) is 0 Å². The highest BCUT2D eigenvalue weighted by Gasteiger charge is 2.28. The van der Waals surface area contributed by atoms with Crippen LogP contribution in [0.15, 0.2) is 99.8 Å². The van der Waals surface area contributed by atoms with Gasteiger partial charge >= 0.3 is 0 Å². The number of hydrogen-bond acceptors (Lipinski definition) is 9. The molecule has 56 heavy (non-hydrogen) atoms. The molecule has 4 aromatic heterocycles. The van der Waals surface area contributed by atoms with Crippen LogP contribution in [0, 0.1) is 0 Å². The first kappa shape index (κ1) is 44.9. The molecule has 4 heterocycles. The summed E-state index contributed by atoms with van der Waals surface area (Å²) in [5, 5.41) is 2.11. The number of aromatic amines is 1. The smallest absolute Gasteiger partial charge is 0.266 e. The standard InChI is InChI=1S/C21H16Cl2N4O3S.C15H15BrCl2N2O3S.CH4/c1-2-12-9-14(3-4-17(12)23)31(29,30)27-18-10-13(22)11-26-19(18)20(28)15-5-7-24-21-16(15)6-8-25-21;1-3-10-6-12(4-5-13(10)18)24(21,22)20(9-23-2)14-7-11(17)8-19-15(14)16;/h3-11,27H,2H2,1H3,(H,24,25);4-8H,3,9H2,1-2H3;1H4. The van der Waals surface area contributed by atoms with Gasteiger partial charge in [0.15, 0.2) is 0 Å². The zero-order valence-electron chi connectivity index (χ0n) is 29.1. The summed E-state index contributed by atoms with van der Waals surface area (Å²) in [5.41, 5.74) is 2.50. The number of ketones is 1. The van der Waals surface area contributed by atoms with E-state index in [9.17, 15) is 21.6 Å². The Labute approximate surface area is 353 Å². The predicted molar refractivity (Wildman–Crippen MR) is 226 cm³/mol. The van der Waals surface area contributed by atoms with E-state index in [1.807, 2.05) is 13.8 Å². The lowest BCUT2D eigenvalue weighted by atomic mass is 10.0. The molecule has 0 aliphatic carbocycles. The minimum atomic E-state index is -4.03. The van der Waals surface area contributed by atoms with Crippen molar-refractivity contribution in [1.29, 1.82) is 0 Å². The van der Waals surface area contributed by atoms with Crippen LogP contribution in [0.2, 0.25) is 20.1 Å². The second kappa shape index (κ2) is 19.1. The number of H-pyrrole nitrogens is 1. The number of fused-ring (bicyclic) bond motifs is 1. The molecule has 296 valence electrons. The van der Waals surface area contributed by atoms with Gasteiger partial charge in [0.05, 0.1) is 31.2 Å². The molecule has 19 heteroatoms. The van der Waals surface area contributed by atoms with Crippen molar-refractivity contribution in [2.75, 3.05) is 22.9 Å². The fourth-order valence-electron chi connectivity index (χ4n) is 5.26. The highest BCUT2D eigenvalue weighted by molar-refractivity contribution is 9.10. The van der Waals surface area contributed by atoms with Gasteiger partial charge in [0.25, 0.3) is 20.0 Å². The number of nitrogens with zero attached hydrogens (tertiary/aromatic N) is 4. The maximum Gasteiger partial charge on any atom is 0.266 e. The third-order valence-corrected chi connectivity index (χ3v) is 12.9. The van der Waals surface area contributed by atoms with Gasteiger partial charge in [-0.25, -0.2) is 36.1 Å². The monoisotopic (exact) mass is 942 g/mol. The Morgan fingerprint density at radius 3 is 2.09 bits per heavy atom. The summed E-state index contributed by atoms with van der Waals surface area (Å²) < 4.78 is 61.2. The number of halogens is 5. The van der Waals surface area contributed by atoms with E-state index in [-0.39, 0.29) is 46.0 Å². The maximum absolute atomic E-state index is 13.3. The van der Waals surface area contributed by atoms with E-state index in [0.29, 0.717) is 54.7 Å². The third kappa shape index (κ3) is 10.0. The summed E-state index contributed by atoms with van der Waals surface area (Å²) in [5.74, 6) is -0.466. The summed E-state index contributed by atoms with van der Waals surface area (Å²) in [7, 11) is -6.50. The quantitative estimate of drug-likeness (QED) is 0.0690. The Morgan fingerprint density at radius 2 is 1.45 bits per heavy atom. The largest absolute Gasteiger partial charge is 0.363 e. The van der Waals surface area contributed by atoms with Crippen LogP contribution in [0.25, 0.3) is 11.0 Å². The van der Waals surface area contributed by atoms with Gasteiger partial charge in [0.1, 0.15) is 22.7 Å². The summed E-state index contributed by atoms with van der Waals surface area (Å²) >= 11 is 27.5. The molecule has 2 N–H and O–H groups in total. The lowest BCUT2D eigenvalue weighted by Crippen LogP contribution is -2.33. The fraction of sp³-hybridized carbons (Fsp3) is 0.189. The number of anilines is 2. The number of pyridine rings is 3. The Kier molecular flexibility index (Phi) is 15.3. The molecule has 0 atom stereocenters. The third-order valence-electron chi connectivity index (χ3n) is 8.02. The minimum absolute atomic E-state index is 0. The zero-order chi connectivity index (χ0) is 40.1. The fourth-order valence-corrected chi connectivity index (χ4v) is 9.16. The Morgan fingerprint density at radius 1 is 0.839 bits per heavy atom. The van der Waals surface area contributed by atoms with Crippen molar-refractivity contribution in [1.82, 2.24) is 19.9 Å². The molecule has 0 saturated heterocycles. The van der Waals surface area contributed by atoms with Crippen LogP contribution >= 0.6 is 62.3 Å². The maximum atomic E-state index is 13.3. The van der Waals surface area contributed by atoms with Crippen LogP contribution < -0.4 is 9.03 Å². The number of sulfonamides is 2. The number of nitrogens with one attached hydrogen (secondary N) is 2. The summed E-state index contributed by atoms with van der Waals surface area (Å²) in [6.45, 7) is 3.59. The molecule has 0 radical (unpaired) electrons. The van der Waals surface area contributed by atoms with Crippen molar-refractivity contribution >= 4 is 111 Å². The molecule has 2 aromatic carbocycles. The number of carbonyl (C=O) groups is 1. The highest BCUT2D eigenvalue weighted by Crippen LogP contribution is 2.33. The second-order valence-electron chi connectivity index (χ2n) is 11.5. The lowest BCUT2D eigenvalue weighted by molar-refractivity contribution is 0.103. The van der Waals surface area contributed by atoms with Crippen molar-refractivity contribution < 1.29 is 26.4 Å². The van der Waals surface area contributed by atoms with Gasteiger partial charge < -0.3 is 9.72 Å². The van der Waals surface area contributed by atoms with Gasteiger partial charge in [-0.05, 0) is 101 Å². The molecule has 0 spiro atoms. The van der Waals surface area contributed by atoms with Gasteiger partial charge in [-0.3, -0.25) is 9.52 Å².